The van der Waals surface area contributed by atoms with Crippen LogP contribution in [0.4, 0.5) is 17.6 Å². The molecule has 0 aliphatic carbocycles. The maximum atomic E-state index is 18.4. The molecule has 10 aromatic heterocycles. The number of fused-ring (bicyclic) bond motifs is 3. The van der Waals surface area contributed by atoms with E-state index < -0.39 is 23.3 Å². The van der Waals surface area contributed by atoms with Crippen LogP contribution >= 0.6 is 115 Å². The van der Waals surface area contributed by atoms with Gasteiger partial charge in [-0.05, 0) is 159 Å². The Balaban J connectivity index is 0.887. The lowest BCUT2D eigenvalue weighted by atomic mass is 9.89. The summed E-state index contributed by atoms with van der Waals surface area (Å²) in [6, 6.07) is 21.7. The fraction of sp³-hybridized carbons (Fsp3) is 0.526. The highest BCUT2D eigenvalue weighted by atomic mass is 32.1. The zero-order chi connectivity index (χ0) is 82.9. The Kier molecular flexibility index (Phi) is 33.5. The monoisotopic (exact) mass is 1780 g/mol. The van der Waals surface area contributed by atoms with Gasteiger partial charge in [0.25, 0.3) is 0 Å². The third-order valence-corrected chi connectivity index (χ3v) is 34.4. The van der Waals surface area contributed by atoms with Gasteiger partial charge in [0.05, 0.1) is 69.6 Å². The Labute approximate surface area is 740 Å². The van der Waals surface area contributed by atoms with Gasteiger partial charge in [-0.2, -0.15) is 26.2 Å². The van der Waals surface area contributed by atoms with Crippen molar-refractivity contribution in [3.8, 4) is 97.7 Å². The van der Waals surface area contributed by atoms with Gasteiger partial charge in [0, 0.05) is 79.4 Å². The molecule has 0 N–H and O–H groups in total. The molecular weight excluding hydrogens is 1660 g/mol. The minimum atomic E-state index is -0.923. The number of thiophene rings is 7. The van der Waals surface area contributed by atoms with Gasteiger partial charge in [0.1, 0.15) is 38.8 Å². The molecule has 632 valence electrons. The first-order chi connectivity index (χ1) is 57.6. The summed E-state index contributed by atoms with van der Waals surface area (Å²) in [7, 11) is 0. The Morgan fingerprint density at radius 1 is 0.297 bits per heavy atom. The molecule has 0 fully saturated rings. The average molecular weight is 1780 g/mol. The summed E-state index contributed by atoms with van der Waals surface area (Å²) in [5.41, 5.74) is 11.6. The van der Waals surface area contributed by atoms with Crippen LogP contribution in [0.15, 0.2) is 60.7 Å². The van der Waals surface area contributed by atoms with Gasteiger partial charge in [0.15, 0.2) is 23.3 Å². The maximum Gasteiger partial charge on any atom is 0.170 e. The van der Waals surface area contributed by atoms with Crippen molar-refractivity contribution in [1.82, 2.24) is 26.2 Å². The smallest absolute Gasteiger partial charge is 0.170 e. The summed E-state index contributed by atoms with van der Waals surface area (Å²) >= 11 is 14.5. The molecule has 7 nitrogen and oxygen atoms in total. The number of hydrogen-bond acceptors (Lipinski definition) is 17. The van der Waals surface area contributed by atoms with E-state index in [1.54, 1.807) is 45.3 Å². The van der Waals surface area contributed by atoms with E-state index in [2.05, 4.69) is 144 Å². The first-order valence-electron chi connectivity index (χ1n) is 44.5. The van der Waals surface area contributed by atoms with Crippen molar-refractivity contribution in [2.24, 2.45) is 23.7 Å². The Bertz CT molecular complexity index is 5400. The minimum Gasteiger partial charge on any atom is -0.493 e. The second-order valence-electron chi connectivity index (χ2n) is 33.2. The number of hydrogen-bond donors (Lipinski definition) is 0. The van der Waals surface area contributed by atoms with Crippen LogP contribution < -0.4 is 4.74 Å². The molecule has 0 saturated carbocycles. The second-order valence-corrected chi connectivity index (χ2v) is 42.6. The van der Waals surface area contributed by atoms with Gasteiger partial charge in [-0.25, -0.2) is 17.6 Å². The van der Waals surface area contributed by atoms with E-state index in [0.29, 0.717) is 71.9 Å². The average Bonchev–Trinajstić information content (AvgIpc) is 1.58. The van der Waals surface area contributed by atoms with Crippen LogP contribution in [-0.2, 0) is 25.7 Å². The molecule has 0 saturated heterocycles. The van der Waals surface area contributed by atoms with Crippen molar-refractivity contribution in [3.63, 3.8) is 0 Å². The molecule has 21 heteroatoms. The highest BCUT2D eigenvalue weighted by molar-refractivity contribution is 7.28. The number of rotatable bonds is 49. The molecule has 4 atom stereocenters. The second kappa shape index (κ2) is 43.7. The van der Waals surface area contributed by atoms with Crippen LogP contribution in [0.25, 0.3) is 125 Å². The first kappa shape index (κ1) is 90.3. The van der Waals surface area contributed by atoms with E-state index in [0.717, 1.165) is 252 Å². The zero-order valence-electron chi connectivity index (χ0n) is 71.5. The molecule has 0 amide bonds. The Hall–Kier alpha value is -5.46. The summed E-state index contributed by atoms with van der Waals surface area (Å²) in [4.78, 5) is 13.4. The van der Waals surface area contributed by atoms with Crippen molar-refractivity contribution in [3.05, 3.63) is 122 Å². The zero-order valence-corrected chi connectivity index (χ0v) is 79.7. The summed E-state index contributed by atoms with van der Waals surface area (Å²) < 4.78 is 109. The molecule has 10 heterocycles. The van der Waals surface area contributed by atoms with Gasteiger partial charge in [0.2, 0.25) is 0 Å². The van der Waals surface area contributed by atoms with Crippen molar-refractivity contribution < 1.29 is 22.3 Å². The van der Waals surface area contributed by atoms with Crippen molar-refractivity contribution >= 4 is 148 Å². The topological polar surface area (TPSA) is 86.6 Å². The molecule has 13 rings (SSSR count). The van der Waals surface area contributed by atoms with E-state index in [1.165, 1.54) is 140 Å². The van der Waals surface area contributed by atoms with Crippen LogP contribution in [0.3, 0.4) is 0 Å². The number of ether oxygens (including phenoxy) is 1. The Morgan fingerprint density at radius 2 is 0.610 bits per heavy atom. The molecule has 3 aromatic carbocycles. The summed E-state index contributed by atoms with van der Waals surface area (Å²) in [6.07, 6.45) is 37.4. The lowest BCUT2D eigenvalue weighted by molar-refractivity contribution is 0.304. The molecule has 13 aromatic rings. The fourth-order valence-corrected chi connectivity index (χ4v) is 27.4. The lowest BCUT2D eigenvalue weighted by Gasteiger charge is -2.17. The van der Waals surface area contributed by atoms with E-state index in [1.807, 2.05) is 0 Å². The standard InChI is InChI=1S/C97H120F4N6OS10/c1-13-22-29-32-33-36-49-108-94-59(11)78(69-44-43-58(10)109-69)88-93(107-116-102-88)83(94)70-45-46-71(111-70)95-66(50-61(20-8)37-25-16-4)55-75(113-95)80-86(100)87(101)81(92-91(80)105-118-106-92)76-56-67(51-62(21-9)38-26-17-5)96(114-76)72-47-48-73(112-72)97-68(53-64(40-28-19-7)42-35-31-24-15-3)57-77(115-97)82-85(99)84(98)79(89-90(82)104-117-103-89)74-54-65(60(12)110-74)52-63(39-27-18-6)41-34-30-23-14-2/h43-48,54-57,61-64H,13-42,49-53H2,1-12H3. The predicted octanol–water partition coefficient (Wildman–Crippen LogP) is 35.5. The van der Waals surface area contributed by atoms with E-state index in [-0.39, 0.29) is 22.3 Å². The third kappa shape index (κ3) is 20.8. The molecule has 0 spiro atoms. The van der Waals surface area contributed by atoms with E-state index in [4.69, 9.17) is 31.0 Å². The lowest BCUT2D eigenvalue weighted by Crippen LogP contribution is -2.05. The van der Waals surface area contributed by atoms with Crippen LogP contribution in [0, 0.1) is 67.7 Å². The van der Waals surface area contributed by atoms with Crippen molar-refractivity contribution in [2.45, 2.75) is 301 Å². The van der Waals surface area contributed by atoms with Crippen LogP contribution in [0.1, 0.15) is 293 Å². The molecule has 0 aliphatic heterocycles. The normalized spacial score (nSPS) is 13.1. The molecule has 0 radical (unpaired) electrons. The van der Waals surface area contributed by atoms with Gasteiger partial charge < -0.3 is 4.74 Å². The number of aromatic nitrogens is 6. The van der Waals surface area contributed by atoms with Crippen molar-refractivity contribution in [1.29, 1.82) is 0 Å². The Morgan fingerprint density at radius 3 is 1.02 bits per heavy atom. The molecule has 4 unspecified atom stereocenters. The third-order valence-electron chi connectivity index (χ3n) is 24.4. The van der Waals surface area contributed by atoms with E-state index >= 15 is 17.6 Å². The number of aryl methyl sites for hydroxylation is 2. The largest absolute Gasteiger partial charge is 0.493 e. The predicted molar refractivity (Wildman–Crippen MR) is 511 cm³/mol. The summed E-state index contributed by atoms with van der Waals surface area (Å²) in [5, 5.41) is 0. The molecule has 118 heavy (non-hydrogen) atoms. The van der Waals surface area contributed by atoms with Crippen LogP contribution in [0.5, 0.6) is 5.75 Å². The van der Waals surface area contributed by atoms with Gasteiger partial charge in [-0.15, -0.1) is 79.4 Å². The molecule has 0 aliphatic rings. The van der Waals surface area contributed by atoms with E-state index in [9.17, 15) is 0 Å². The van der Waals surface area contributed by atoms with Gasteiger partial charge in [-0.1, -0.05) is 249 Å². The number of halogens is 4. The van der Waals surface area contributed by atoms with Gasteiger partial charge in [-0.3, -0.25) is 0 Å². The van der Waals surface area contributed by atoms with Gasteiger partial charge >= 0.3 is 0 Å². The highest BCUT2D eigenvalue weighted by Gasteiger charge is 2.34. The number of benzene rings is 3. The fourth-order valence-electron chi connectivity index (χ4n) is 17.5. The highest BCUT2D eigenvalue weighted by Crippen LogP contribution is 2.56. The summed E-state index contributed by atoms with van der Waals surface area (Å²) in [5.74, 6) is -1.05. The van der Waals surface area contributed by atoms with Crippen LogP contribution in [-0.4, -0.2) is 32.8 Å². The number of nitrogens with zero attached hydrogens (tertiary/aromatic N) is 6. The quantitative estimate of drug-likeness (QED) is 0.0277. The summed E-state index contributed by atoms with van der Waals surface area (Å²) in [6.45, 7) is 27.3. The number of unbranched alkanes of at least 4 members (excludes halogenated alkanes) is 15. The maximum absolute atomic E-state index is 18.4. The minimum absolute atomic E-state index is 0.142. The van der Waals surface area contributed by atoms with Crippen molar-refractivity contribution in [2.75, 3.05) is 6.61 Å². The first-order valence-corrected chi connectivity index (χ1v) is 52.4. The molecule has 0 bridgehead atoms. The SMILES string of the molecule is CCCCCCCCOc1c(C)c(-c2ccc(C)s2)c2nsnc2c1-c1ccc(-c2sc(-c3c(F)c(F)c(-c4cc(CC(CC)CCCC)c(-c5ccc(-c6sc(-c7c(F)c(F)c(-c8cc(CC(CCCC)CCCCCC)c(C)s8)c8nsnc78)cc6CC(CCCC)CCCCCC)s5)s4)c4nsnc34)cc2CC(CC)CCCC)s1. The van der Waals surface area contributed by atoms with Crippen LogP contribution in [0.2, 0.25) is 0 Å². The molecular formula is C97H120F4N6OS10.